The minimum absolute atomic E-state index is 0.00648. The number of carbonyl (C=O) groups excluding carboxylic acids is 1. The van der Waals surface area contributed by atoms with E-state index < -0.39 is 17.5 Å². The molecule has 0 unspecified atom stereocenters. The molecule has 4 heteroatoms. The molecule has 0 bridgehead atoms. The second-order valence-corrected chi connectivity index (χ2v) is 3.47. The highest BCUT2D eigenvalue weighted by Gasteiger charge is 2.11. The first-order valence-electron chi connectivity index (χ1n) is 4.82. The molecule has 0 amide bonds. The molecule has 0 fully saturated rings. The summed E-state index contributed by atoms with van der Waals surface area (Å²) >= 11 is 0. The van der Waals surface area contributed by atoms with Crippen LogP contribution in [0.3, 0.4) is 0 Å². The third-order valence-electron chi connectivity index (χ3n) is 2.36. The number of hydrogen-bond donors (Lipinski definition) is 0. The Kier molecular flexibility index (Phi) is 2.95. The molecule has 0 saturated heterocycles. The summed E-state index contributed by atoms with van der Waals surface area (Å²) in [6.45, 7) is 0. The molecule has 2 aromatic rings. The van der Waals surface area contributed by atoms with Gasteiger partial charge in [0.05, 0.1) is 0 Å². The van der Waals surface area contributed by atoms with Crippen molar-refractivity contribution in [2.45, 2.75) is 0 Å². The highest BCUT2D eigenvalue weighted by Crippen LogP contribution is 2.26. The minimum Gasteiger partial charge on any atom is -0.298 e. The lowest BCUT2D eigenvalue weighted by Gasteiger charge is -2.06. The molecular formula is C13H7F3O. The van der Waals surface area contributed by atoms with Crippen molar-refractivity contribution in [2.75, 3.05) is 0 Å². The van der Waals surface area contributed by atoms with Crippen LogP contribution >= 0.6 is 0 Å². The predicted molar refractivity (Wildman–Crippen MR) is 57.1 cm³/mol. The minimum atomic E-state index is -0.835. The first-order valence-corrected chi connectivity index (χ1v) is 4.82. The summed E-state index contributed by atoms with van der Waals surface area (Å²) in [6.07, 6.45) is 0.498. The molecule has 86 valence electrons. The third kappa shape index (κ3) is 2.20. The molecule has 0 aliphatic carbocycles. The molecule has 0 radical (unpaired) electrons. The summed E-state index contributed by atoms with van der Waals surface area (Å²) in [5, 5.41) is 0. The van der Waals surface area contributed by atoms with Crippen LogP contribution in [0.15, 0.2) is 36.4 Å². The molecule has 0 N–H and O–H groups in total. The van der Waals surface area contributed by atoms with Gasteiger partial charge < -0.3 is 0 Å². The van der Waals surface area contributed by atoms with E-state index >= 15 is 0 Å². The highest BCUT2D eigenvalue weighted by atomic mass is 19.1. The zero-order valence-corrected chi connectivity index (χ0v) is 8.58. The Morgan fingerprint density at radius 2 is 1.47 bits per heavy atom. The summed E-state index contributed by atoms with van der Waals surface area (Å²) in [7, 11) is 0. The number of carbonyl (C=O) groups is 1. The number of halogens is 3. The molecule has 0 saturated carbocycles. The van der Waals surface area contributed by atoms with Gasteiger partial charge in [-0.15, -0.1) is 0 Å². The van der Waals surface area contributed by atoms with Crippen molar-refractivity contribution in [3.8, 4) is 11.1 Å². The standard InChI is InChI=1S/C13H7F3O/c14-9-2-1-8(7-17)12(5-9)11-4-3-10(15)6-13(11)16/h1-7H. The molecule has 0 heterocycles. The summed E-state index contributed by atoms with van der Waals surface area (Å²) in [5.74, 6) is -2.15. The van der Waals surface area contributed by atoms with Crippen LogP contribution in [0.1, 0.15) is 10.4 Å². The first-order chi connectivity index (χ1) is 8.11. The number of benzene rings is 2. The quantitative estimate of drug-likeness (QED) is 0.728. The Bertz CT molecular complexity index is 579. The first kappa shape index (κ1) is 11.4. The lowest BCUT2D eigenvalue weighted by atomic mass is 10.00. The monoisotopic (exact) mass is 236 g/mol. The van der Waals surface area contributed by atoms with Crippen molar-refractivity contribution >= 4 is 6.29 Å². The Morgan fingerprint density at radius 3 is 2.12 bits per heavy atom. The van der Waals surface area contributed by atoms with E-state index in [0.29, 0.717) is 12.4 Å². The fraction of sp³-hybridized carbons (Fsp3) is 0. The molecule has 2 rings (SSSR count). The van der Waals surface area contributed by atoms with Gasteiger partial charge in [0.1, 0.15) is 17.5 Å². The van der Waals surface area contributed by atoms with Crippen LogP contribution in [0.4, 0.5) is 13.2 Å². The van der Waals surface area contributed by atoms with Crippen LogP contribution in [0.5, 0.6) is 0 Å². The summed E-state index contributed by atoms with van der Waals surface area (Å²) in [5.41, 5.74) is 0.252. The van der Waals surface area contributed by atoms with E-state index in [1.807, 2.05) is 0 Å². The van der Waals surface area contributed by atoms with Gasteiger partial charge >= 0.3 is 0 Å². The average Bonchev–Trinajstić information content (AvgIpc) is 2.29. The van der Waals surface area contributed by atoms with E-state index in [0.717, 1.165) is 18.2 Å². The Hall–Kier alpha value is -2.10. The van der Waals surface area contributed by atoms with Crippen LogP contribution in [0.2, 0.25) is 0 Å². The molecule has 0 spiro atoms. The highest BCUT2D eigenvalue weighted by molar-refractivity contribution is 5.87. The number of aldehydes is 1. The maximum atomic E-state index is 13.5. The van der Waals surface area contributed by atoms with Crippen molar-refractivity contribution < 1.29 is 18.0 Å². The van der Waals surface area contributed by atoms with Gasteiger partial charge in [-0.25, -0.2) is 13.2 Å². The largest absolute Gasteiger partial charge is 0.298 e. The zero-order valence-electron chi connectivity index (χ0n) is 8.58. The van der Waals surface area contributed by atoms with Gasteiger partial charge in [-0.3, -0.25) is 4.79 Å². The van der Waals surface area contributed by atoms with Crippen molar-refractivity contribution in [2.24, 2.45) is 0 Å². The maximum Gasteiger partial charge on any atom is 0.150 e. The zero-order chi connectivity index (χ0) is 12.4. The smallest absolute Gasteiger partial charge is 0.150 e. The maximum absolute atomic E-state index is 13.5. The number of hydrogen-bond acceptors (Lipinski definition) is 1. The molecule has 2 aromatic carbocycles. The van der Waals surface area contributed by atoms with Gasteiger partial charge in [0, 0.05) is 17.2 Å². The topological polar surface area (TPSA) is 17.1 Å². The van der Waals surface area contributed by atoms with E-state index in [2.05, 4.69) is 0 Å². The number of rotatable bonds is 2. The molecule has 1 nitrogen and oxygen atoms in total. The van der Waals surface area contributed by atoms with Gasteiger partial charge in [-0.05, 0) is 35.9 Å². The second kappa shape index (κ2) is 4.41. The van der Waals surface area contributed by atoms with Crippen molar-refractivity contribution in [3.05, 3.63) is 59.4 Å². The lowest BCUT2D eigenvalue weighted by molar-refractivity contribution is 0.112. The van der Waals surface area contributed by atoms with Crippen molar-refractivity contribution in [1.82, 2.24) is 0 Å². The summed E-state index contributed by atoms with van der Waals surface area (Å²) < 4.78 is 39.3. The molecule has 17 heavy (non-hydrogen) atoms. The van der Waals surface area contributed by atoms with Crippen LogP contribution in [-0.2, 0) is 0 Å². The van der Waals surface area contributed by atoms with Crippen LogP contribution in [-0.4, -0.2) is 6.29 Å². The molecule has 0 aliphatic rings. The van der Waals surface area contributed by atoms with Gasteiger partial charge in [-0.1, -0.05) is 0 Å². The van der Waals surface area contributed by atoms with Gasteiger partial charge in [0.15, 0.2) is 6.29 Å². The lowest BCUT2D eigenvalue weighted by Crippen LogP contribution is -1.93. The Labute approximate surface area is 95.5 Å². The third-order valence-corrected chi connectivity index (χ3v) is 2.36. The molecule has 0 aromatic heterocycles. The fourth-order valence-electron chi connectivity index (χ4n) is 1.57. The molecule has 0 aliphatic heterocycles. The van der Waals surface area contributed by atoms with Crippen molar-refractivity contribution in [3.63, 3.8) is 0 Å². The van der Waals surface area contributed by atoms with Gasteiger partial charge in [-0.2, -0.15) is 0 Å². The van der Waals surface area contributed by atoms with E-state index in [4.69, 9.17) is 0 Å². The van der Waals surface area contributed by atoms with E-state index in [1.165, 1.54) is 12.1 Å². The van der Waals surface area contributed by atoms with Crippen LogP contribution in [0.25, 0.3) is 11.1 Å². The van der Waals surface area contributed by atoms with E-state index in [1.54, 1.807) is 0 Å². The average molecular weight is 236 g/mol. The second-order valence-electron chi connectivity index (χ2n) is 3.47. The normalized spacial score (nSPS) is 10.3. The summed E-state index contributed by atoms with van der Waals surface area (Å²) in [6, 6.07) is 6.31. The van der Waals surface area contributed by atoms with Gasteiger partial charge in [0.2, 0.25) is 0 Å². The fourth-order valence-corrected chi connectivity index (χ4v) is 1.57. The van der Waals surface area contributed by atoms with E-state index in [9.17, 15) is 18.0 Å². The van der Waals surface area contributed by atoms with Crippen LogP contribution < -0.4 is 0 Å². The van der Waals surface area contributed by atoms with E-state index in [-0.39, 0.29) is 16.7 Å². The van der Waals surface area contributed by atoms with Gasteiger partial charge in [0.25, 0.3) is 0 Å². The summed E-state index contributed by atoms with van der Waals surface area (Å²) in [4.78, 5) is 10.8. The Morgan fingerprint density at radius 1 is 0.824 bits per heavy atom. The Balaban J connectivity index is 2.66. The van der Waals surface area contributed by atoms with Crippen LogP contribution in [0, 0.1) is 17.5 Å². The predicted octanol–water partition coefficient (Wildman–Crippen LogP) is 3.58. The molecule has 0 atom stereocenters. The molecular weight excluding hydrogens is 229 g/mol. The SMILES string of the molecule is O=Cc1ccc(F)cc1-c1ccc(F)cc1F. The van der Waals surface area contributed by atoms with Crippen molar-refractivity contribution in [1.29, 1.82) is 0 Å².